The highest BCUT2D eigenvalue weighted by Gasteiger charge is 2.06. The monoisotopic (exact) mass is 257 g/mol. The lowest BCUT2D eigenvalue weighted by Gasteiger charge is -2.05. The minimum absolute atomic E-state index is 0.213. The largest absolute Gasteiger partial charge is 0.290 e. The van der Waals surface area contributed by atoms with E-state index in [9.17, 15) is 5.21 Å². The lowest BCUT2D eigenvalue weighted by Crippen LogP contribution is -2.21. The van der Waals surface area contributed by atoms with Crippen LogP contribution in [0.2, 0.25) is 0 Å². The van der Waals surface area contributed by atoms with Gasteiger partial charge in [-0.05, 0) is 38.5 Å². The molecule has 6 nitrogen and oxygen atoms in total. The summed E-state index contributed by atoms with van der Waals surface area (Å²) in [4.78, 5) is 16.8. The Bertz CT molecular complexity index is 587. The molecule has 19 heavy (non-hydrogen) atoms. The van der Waals surface area contributed by atoms with Crippen molar-refractivity contribution in [3.05, 3.63) is 47.2 Å². The van der Waals surface area contributed by atoms with Crippen molar-refractivity contribution in [3.8, 4) is 0 Å². The lowest BCUT2D eigenvalue weighted by atomic mass is 10.2. The number of hydrogen-bond acceptors (Lipinski definition) is 5. The molecular weight excluding hydrogens is 242 g/mol. The molecule has 98 valence electrons. The van der Waals surface area contributed by atoms with E-state index in [4.69, 9.17) is 0 Å². The van der Waals surface area contributed by atoms with E-state index in [-0.39, 0.29) is 5.84 Å². The van der Waals surface area contributed by atoms with Gasteiger partial charge in [0.25, 0.3) is 0 Å². The first-order valence-electron chi connectivity index (χ1n) is 5.81. The fourth-order valence-corrected chi connectivity index (χ4v) is 1.65. The number of nitrogens with one attached hydrogen (secondary N) is 1. The van der Waals surface area contributed by atoms with Crippen LogP contribution in [0.25, 0.3) is 0 Å². The van der Waals surface area contributed by atoms with Crippen molar-refractivity contribution in [2.24, 2.45) is 4.99 Å². The van der Waals surface area contributed by atoms with E-state index in [1.54, 1.807) is 12.4 Å². The third-order valence-corrected chi connectivity index (χ3v) is 2.44. The number of rotatable bonds is 2. The number of amidine groups is 1. The van der Waals surface area contributed by atoms with E-state index in [1.165, 1.54) is 0 Å². The highest BCUT2D eigenvalue weighted by atomic mass is 16.5. The average Bonchev–Trinajstić information content (AvgIpc) is 2.36. The maximum Gasteiger partial charge on any atom is 0.179 e. The van der Waals surface area contributed by atoms with Crippen LogP contribution in [0.3, 0.4) is 0 Å². The van der Waals surface area contributed by atoms with Gasteiger partial charge in [-0.1, -0.05) is 0 Å². The highest BCUT2D eigenvalue weighted by molar-refractivity contribution is 5.97. The molecule has 0 saturated heterocycles. The molecule has 2 rings (SSSR count). The van der Waals surface area contributed by atoms with Gasteiger partial charge in [0.1, 0.15) is 5.69 Å². The standard InChI is InChI=1S/C13H15N5O/c1-8-4-9(2)16-12(5-8)17-13(18-19)11-7-14-10(3)6-15-11/h4-7,19H,1-3H3,(H,16,17,18). The number of pyridine rings is 1. The molecule has 0 saturated carbocycles. The van der Waals surface area contributed by atoms with Crippen molar-refractivity contribution < 1.29 is 5.21 Å². The fourth-order valence-electron chi connectivity index (χ4n) is 1.65. The van der Waals surface area contributed by atoms with E-state index < -0.39 is 0 Å². The molecule has 2 N–H and O–H groups in total. The second-order valence-corrected chi connectivity index (χ2v) is 4.26. The number of hydrogen-bond donors (Lipinski definition) is 2. The lowest BCUT2D eigenvalue weighted by molar-refractivity contribution is 0.234. The minimum Gasteiger partial charge on any atom is -0.290 e. The zero-order valence-electron chi connectivity index (χ0n) is 11.0. The molecule has 0 aromatic carbocycles. The maximum atomic E-state index is 9.17. The van der Waals surface area contributed by atoms with Crippen molar-refractivity contribution in [3.63, 3.8) is 0 Å². The van der Waals surface area contributed by atoms with Gasteiger partial charge >= 0.3 is 0 Å². The van der Waals surface area contributed by atoms with Gasteiger partial charge in [-0.15, -0.1) is 0 Å². The van der Waals surface area contributed by atoms with Gasteiger partial charge in [0.05, 0.1) is 11.9 Å². The Hall–Kier alpha value is -2.34. The topological polar surface area (TPSA) is 83.3 Å². The van der Waals surface area contributed by atoms with Crippen LogP contribution in [0.5, 0.6) is 0 Å². The Kier molecular flexibility index (Phi) is 3.82. The third kappa shape index (κ3) is 3.32. The van der Waals surface area contributed by atoms with Crippen LogP contribution >= 0.6 is 0 Å². The van der Waals surface area contributed by atoms with Gasteiger partial charge in [0.15, 0.2) is 11.7 Å². The summed E-state index contributed by atoms with van der Waals surface area (Å²) in [7, 11) is 0. The quantitative estimate of drug-likeness (QED) is 0.487. The van der Waals surface area contributed by atoms with Gasteiger partial charge in [-0.2, -0.15) is 0 Å². The fraction of sp³-hybridized carbons (Fsp3) is 0.231. The molecule has 0 fully saturated rings. The molecular formula is C13H15N5O. The molecule has 0 bridgehead atoms. The normalized spacial score (nSPS) is 11.5. The number of aliphatic imine (C=N–C) groups is 1. The first kappa shape index (κ1) is 13.1. The van der Waals surface area contributed by atoms with E-state index >= 15 is 0 Å². The van der Waals surface area contributed by atoms with Crippen LogP contribution in [0, 0.1) is 20.8 Å². The summed E-state index contributed by atoms with van der Waals surface area (Å²) in [6.45, 7) is 5.70. The Balaban J connectivity index is 2.40. The summed E-state index contributed by atoms with van der Waals surface area (Å²) >= 11 is 0. The van der Waals surface area contributed by atoms with Crippen molar-refractivity contribution in [1.82, 2.24) is 20.4 Å². The first-order chi connectivity index (χ1) is 9.08. The molecule has 0 unspecified atom stereocenters. The van der Waals surface area contributed by atoms with Crippen LogP contribution < -0.4 is 5.48 Å². The Morgan fingerprint density at radius 2 is 1.89 bits per heavy atom. The number of nitrogens with zero attached hydrogens (tertiary/aromatic N) is 4. The average molecular weight is 257 g/mol. The maximum absolute atomic E-state index is 9.17. The van der Waals surface area contributed by atoms with E-state index in [1.807, 2.05) is 38.4 Å². The van der Waals surface area contributed by atoms with Crippen LogP contribution in [0.15, 0.2) is 29.5 Å². The molecule has 0 atom stereocenters. The molecule has 2 aromatic heterocycles. The zero-order chi connectivity index (χ0) is 13.8. The summed E-state index contributed by atoms with van der Waals surface area (Å²) < 4.78 is 0. The molecule has 2 aromatic rings. The molecule has 6 heteroatoms. The smallest absolute Gasteiger partial charge is 0.179 e. The number of aryl methyl sites for hydroxylation is 3. The van der Waals surface area contributed by atoms with Crippen molar-refractivity contribution in [2.75, 3.05) is 0 Å². The van der Waals surface area contributed by atoms with Gasteiger partial charge in [-0.25, -0.2) is 15.0 Å². The highest BCUT2D eigenvalue weighted by Crippen LogP contribution is 2.13. The zero-order valence-corrected chi connectivity index (χ0v) is 11.0. The summed E-state index contributed by atoms with van der Waals surface area (Å²) in [5.41, 5.74) is 5.20. The van der Waals surface area contributed by atoms with Crippen molar-refractivity contribution in [1.29, 1.82) is 0 Å². The van der Waals surface area contributed by atoms with Crippen LogP contribution in [0.4, 0.5) is 5.82 Å². The van der Waals surface area contributed by atoms with E-state index in [0.29, 0.717) is 11.5 Å². The molecule has 0 aliphatic carbocycles. The van der Waals surface area contributed by atoms with Crippen LogP contribution in [-0.2, 0) is 0 Å². The minimum atomic E-state index is 0.213. The van der Waals surface area contributed by atoms with Crippen LogP contribution in [-0.4, -0.2) is 26.0 Å². The summed E-state index contributed by atoms with van der Waals surface area (Å²) in [6.07, 6.45) is 3.15. The summed E-state index contributed by atoms with van der Waals surface area (Å²) in [5.74, 6) is 0.724. The molecule has 0 radical (unpaired) electrons. The third-order valence-electron chi connectivity index (χ3n) is 2.44. The molecule has 2 heterocycles. The Morgan fingerprint density at radius 3 is 2.47 bits per heavy atom. The van der Waals surface area contributed by atoms with Crippen molar-refractivity contribution >= 4 is 11.7 Å². The predicted molar refractivity (Wildman–Crippen MR) is 71.6 cm³/mol. The van der Waals surface area contributed by atoms with Crippen LogP contribution in [0.1, 0.15) is 22.6 Å². The Labute approximate surface area is 111 Å². The molecule has 0 aliphatic heterocycles. The molecule has 0 spiro atoms. The van der Waals surface area contributed by atoms with E-state index in [0.717, 1.165) is 17.0 Å². The van der Waals surface area contributed by atoms with Gasteiger partial charge in [0, 0.05) is 11.9 Å². The summed E-state index contributed by atoms with van der Waals surface area (Å²) in [5, 5.41) is 9.17. The second kappa shape index (κ2) is 5.53. The van der Waals surface area contributed by atoms with Gasteiger partial charge in [-0.3, -0.25) is 15.7 Å². The van der Waals surface area contributed by atoms with Gasteiger partial charge < -0.3 is 0 Å². The molecule has 0 aliphatic rings. The number of aromatic nitrogens is 3. The summed E-state index contributed by atoms with van der Waals surface area (Å²) in [6, 6.07) is 3.78. The predicted octanol–water partition coefficient (Wildman–Crippen LogP) is 1.85. The Morgan fingerprint density at radius 1 is 1.11 bits per heavy atom. The van der Waals surface area contributed by atoms with Gasteiger partial charge in [0.2, 0.25) is 0 Å². The second-order valence-electron chi connectivity index (χ2n) is 4.26. The SMILES string of the molecule is Cc1cc(C)nc(/N=C(\NO)c2cnc(C)cn2)c1. The number of hydroxylamine groups is 1. The molecule has 0 amide bonds. The van der Waals surface area contributed by atoms with Crippen molar-refractivity contribution in [2.45, 2.75) is 20.8 Å². The first-order valence-corrected chi connectivity index (χ1v) is 5.81. The van der Waals surface area contributed by atoms with E-state index in [2.05, 4.69) is 19.9 Å².